The highest BCUT2D eigenvalue weighted by Gasteiger charge is 2.20. The molecule has 1 saturated heterocycles. The Kier molecular flexibility index (Phi) is 2.49. The first-order valence-electron chi connectivity index (χ1n) is 3.68. The average Bonchev–Trinajstić information content (AvgIpc) is 2.37. The van der Waals surface area contributed by atoms with E-state index in [9.17, 15) is 0 Å². The molecular weight excluding hydrogens is 114 g/mol. The van der Waals surface area contributed by atoms with Crippen LogP contribution >= 0.6 is 0 Å². The van der Waals surface area contributed by atoms with Crippen LogP contribution in [-0.2, 0) is 4.74 Å². The van der Waals surface area contributed by atoms with Gasteiger partial charge in [0.1, 0.15) is 0 Å². The maximum atomic E-state index is 5.80. The van der Waals surface area contributed by atoms with E-state index in [-0.39, 0.29) is 0 Å². The van der Waals surface area contributed by atoms with E-state index in [0.717, 1.165) is 26.1 Å². The third-order valence-electron chi connectivity index (χ3n) is 2.04. The van der Waals surface area contributed by atoms with E-state index in [1.165, 1.54) is 0 Å². The van der Waals surface area contributed by atoms with Crippen LogP contribution in [0.3, 0.4) is 0 Å². The number of nitrogens with two attached hydrogens (primary N) is 1. The molecule has 1 rings (SSSR count). The third-order valence-corrected chi connectivity index (χ3v) is 2.04. The lowest BCUT2D eigenvalue weighted by Crippen LogP contribution is -2.29. The molecule has 1 aliphatic heterocycles. The number of hydrogen-bond acceptors (Lipinski definition) is 2. The summed E-state index contributed by atoms with van der Waals surface area (Å²) in [5, 5.41) is 0. The summed E-state index contributed by atoms with van der Waals surface area (Å²) in [6, 6.07) is 0.368. The molecular formula is C7H15NO. The zero-order chi connectivity index (χ0) is 6.69. The van der Waals surface area contributed by atoms with Gasteiger partial charge in [0, 0.05) is 12.6 Å². The Morgan fingerprint density at radius 3 is 3.00 bits per heavy atom. The van der Waals surface area contributed by atoms with Crippen molar-refractivity contribution in [1.29, 1.82) is 0 Å². The van der Waals surface area contributed by atoms with E-state index >= 15 is 0 Å². The second kappa shape index (κ2) is 3.18. The van der Waals surface area contributed by atoms with E-state index in [4.69, 9.17) is 10.5 Å². The minimum absolute atomic E-state index is 0.368. The molecule has 2 atom stereocenters. The molecule has 0 radical (unpaired) electrons. The van der Waals surface area contributed by atoms with Gasteiger partial charge >= 0.3 is 0 Å². The normalized spacial score (nSPS) is 30.7. The first kappa shape index (κ1) is 7.03. The second-order valence-corrected chi connectivity index (χ2v) is 2.70. The van der Waals surface area contributed by atoms with Gasteiger partial charge in [-0.2, -0.15) is 0 Å². The SMILES string of the molecule is CC[C@H](N)[C@H]1CCOC1. The monoisotopic (exact) mass is 129 g/mol. The standard InChI is InChI=1S/C7H15NO/c1-2-7(8)6-3-4-9-5-6/h6-7H,2-5,8H2,1H3/t6-,7-/m0/s1. The van der Waals surface area contributed by atoms with Gasteiger partial charge in [-0.1, -0.05) is 6.92 Å². The molecule has 54 valence electrons. The van der Waals surface area contributed by atoms with E-state index in [0.29, 0.717) is 12.0 Å². The van der Waals surface area contributed by atoms with Crippen LogP contribution in [0.15, 0.2) is 0 Å². The molecule has 0 bridgehead atoms. The highest BCUT2D eigenvalue weighted by molar-refractivity contribution is 4.74. The van der Waals surface area contributed by atoms with Crippen molar-refractivity contribution in [3.8, 4) is 0 Å². The molecule has 1 fully saturated rings. The lowest BCUT2D eigenvalue weighted by Gasteiger charge is -2.14. The number of rotatable bonds is 2. The molecule has 0 aliphatic carbocycles. The van der Waals surface area contributed by atoms with Gasteiger partial charge in [-0.25, -0.2) is 0 Å². The predicted octanol–water partition coefficient (Wildman–Crippen LogP) is 0.760. The summed E-state index contributed by atoms with van der Waals surface area (Å²) in [4.78, 5) is 0. The summed E-state index contributed by atoms with van der Waals surface area (Å²) < 4.78 is 5.20. The number of hydrogen-bond donors (Lipinski definition) is 1. The Bertz CT molecular complexity index is 79.0. The summed E-state index contributed by atoms with van der Waals surface area (Å²) in [7, 11) is 0. The number of ether oxygens (including phenoxy) is 1. The summed E-state index contributed by atoms with van der Waals surface area (Å²) in [5.74, 6) is 0.634. The second-order valence-electron chi connectivity index (χ2n) is 2.70. The van der Waals surface area contributed by atoms with Crippen LogP contribution in [0.4, 0.5) is 0 Å². The zero-order valence-electron chi connectivity index (χ0n) is 5.97. The smallest absolute Gasteiger partial charge is 0.0509 e. The molecule has 0 aromatic carbocycles. The fourth-order valence-corrected chi connectivity index (χ4v) is 1.22. The Labute approximate surface area is 56.4 Å². The van der Waals surface area contributed by atoms with Crippen LogP contribution in [0.25, 0.3) is 0 Å². The molecule has 0 amide bonds. The van der Waals surface area contributed by atoms with E-state index in [1.54, 1.807) is 0 Å². The molecule has 0 aromatic rings. The Balaban J connectivity index is 2.24. The van der Waals surface area contributed by atoms with Gasteiger partial charge in [-0.15, -0.1) is 0 Å². The summed E-state index contributed by atoms with van der Waals surface area (Å²) >= 11 is 0. The van der Waals surface area contributed by atoms with Crippen molar-refractivity contribution in [2.75, 3.05) is 13.2 Å². The van der Waals surface area contributed by atoms with Gasteiger partial charge in [0.25, 0.3) is 0 Å². The molecule has 2 heteroatoms. The van der Waals surface area contributed by atoms with Crippen molar-refractivity contribution >= 4 is 0 Å². The van der Waals surface area contributed by atoms with Gasteiger partial charge in [0.05, 0.1) is 6.61 Å². The van der Waals surface area contributed by atoms with Crippen LogP contribution in [0.5, 0.6) is 0 Å². The Morgan fingerprint density at radius 1 is 1.78 bits per heavy atom. The zero-order valence-corrected chi connectivity index (χ0v) is 5.97. The van der Waals surface area contributed by atoms with Gasteiger partial charge in [-0.05, 0) is 18.8 Å². The first-order chi connectivity index (χ1) is 4.34. The minimum atomic E-state index is 0.368. The quantitative estimate of drug-likeness (QED) is 0.597. The molecule has 2 N–H and O–H groups in total. The molecule has 0 aromatic heterocycles. The summed E-state index contributed by atoms with van der Waals surface area (Å²) in [6.07, 6.45) is 2.24. The molecule has 2 nitrogen and oxygen atoms in total. The fourth-order valence-electron chi connectivity index (χ4n) is 1.22. The lowest BCUT2D eigenvalue weighted by molar-refractivity contribution is 0.180. The van der Waals surface area contributed by atoms with Crippen molar-refractivity contribution < 1.29 is 4.74 Å². The van der Waals surface area contributed by atoms with E-state index < -0.39 is 0 Å². The van der Waals surface area contributed by atoms with E-state index in [2.05, 4.69) is 6.92 Å². The van der Waals surface area contributed by atoms with Crippen LogP contribution in [0, 0.1) is 5.92 Å². The van der Waals surface area contributed by atoms with Crippen LogP contribution in [0.1, 0.15) is 19.8 Å². The molecule has 0 unspecified atom stereocenters. The summed E-state index contributed by atoms with van der Waals surface area (Å²) in [5.41, 5.74) is 5.80. The van der Waals surface area contributed by atoms with Gasteiger partial charge in [0.15, 0.2) is 0 Å². The van der Waals surface area contributed by atoms with Crippen molar-refractivity contribution in [1.82, 2.24) is 0 Å². The molecule has 0 spiro atoms. The first-order valence-corrected chi connectivity index (χ1v) is 3.68. The topological polar surface area (TPSA) is 35.2 Å². The Hall–Kier alpha value is -0.0800. The van der Waals surface area contributed by atoms with Crippen LogP contribution in [-0.4, -0.2) is 19.3 Å². The highest BCUT2D eigenvalue weighted by Crippen LogP contribution is 2.16. The maximum Gasteiger partial charge on any atom is 0.0509 e. The maximum absolute atomic E-state index is 5.80. The minimum Gasteiger partial charge on any atom is -0.381 e. The van der Waals surface area contributed by atoms with Gasteiger partial charge in [-0.3, -0.25) is 0 Å². The van der Waals surface area contributed by atoms with Crippen molar-refractivity contribution in [2.24, 2.45) is 11.7 Å². The molecule has 9 heavy (non-hydrogen) atoms. The average molecular weight is 129 g/mol. The van der Waals surface area contributed by atoms with Crippen molar-refractivity contribution in [2.45, 2.75) is 25.8 Å². The Morgan fingerprint density at radius 2 is 2.56 bits per heavy atom. The van der Waals surface area contributed by atoms with Crippen LogP contribution < -0.4 is 5.73 Å². The fraction of sp³-hybridized carbons (Fsp3) is 1.00. The van der Waals surface area contributed by atoms with Gasteiger partial charge in [0.2, 0.25) is 0 Å². The third kappa shape index (κ3) is 1.66. The largest absolute Gasteiger partial charge is 0.381 e. The molecule has 1 heterocycles. The summed E-state index contributed by atoms with van der Waals surface area (Å²) in [6.45, 7) is 3.93. The van der Waals surface area contributed by atoms with Crippen LogP contribution in [0.2, 0.25) is 0 Å². The predicted molar refractivity (Wildman–Crippen MR) is 37.2 cm³/mol. The van der Waals surface area contributed by atoms with E-state index in [1.807, 2.05) is 0 Å². The lowest BCUT2D eigenvalue weighted by atomic mass is 9.98. The van der Waals surface area contributed by atoms with Crippen molar-refractivity contribution in [3.63, 3.8) is 0 Å². The highest BCUT2D eigenvalue weighted by atomic mass is 16.5. The molecule has 0 saturated carbocycles. The molecule has 1 aliphatic rings. The van der Waals surface area contributed by atoms with Gasteiger partial charge < -0.3 is 10.5 Å². The van der Waals surface area contributed by atoms with Crippen molar-refractivity contribution in [3.05, 3.63) is 0 Å².